The Bertz CT molecular complexity index is 94.4. The van der Waals surface area contributed by atoms with E-state index in [0.29, 0.717) is 0 Å². The van der Waals surface area contributed by atoms with Crippen LogP contribution in [0.4, 0.5) is 0 Å². The van der Waals surface area contributed by atoms with Crippen LogP contribution in [0.5, 0.6) is 0 Å². The monoisotopic (exact) mass is 98.1 g/mol. The van der Waals surface area contributed by atoms with Crippen molar-refractivity contribution in [3.63, 3.8) is 0 Å². The van der Waals surface area contributed by atoms with E-state index in [1.807, 2.05) is 0 Å². The minimum Gasteiger partial charge on any atom is -0.242 e. The maximum absolute atomic E-state index is 2.28. The first-order chi connectivity index (χ1) is 3.29. The molecule has 0 saturated carbocycles. The highest BCUT2D eigenvalue weighted by atomic mass is 15.0. The zero-order valence-electron chi connectivity index (χ0n) is 5.02. The van der Waals surface area contributed by atoms with Gasteiger partial charge in [-0.1, -0.05) is 6.92 Å². The lowest BCUT2D eigenvalue weighted by Gasteiger charge is -1.81. The predicted molar refractivity (Wildman–Crippen MR) is 30.9 cm³/mol. The van der Waals surface area contributed by atoms with Gasteiger partial charge >= 0.3 is 0 Å². The summed E-state index contributed by atoms with van der Waals surface area (Å²) in [5.41, 5.74) is 0. The molecule has 7 heavy (non-hydrogen) atoms. The maximum atomic E-state index is 2.28. The van der Waals surface area contributed by atoms with Crippen molar-refractivity contribution < 1.29 is 4.58 Å². The predicted octanol–water partition coefficient (Wildman–Crippen LogP) is 0.739. The number of rotatable bonds is 0. The van der Waals surface area contributed by atoms with Crippen LogP contribution in [0.25, 0.3) is 0 Å². The van der Waals surface area contributed by atoms with Gasteiger partial charge in [-0.15, -0.1) is 0 Å². The fourth-order valence-electron chi connectivity index (χ4n) is 0.991. The van der Waals surface area contributed by atoms with E-state index >= 15 is 0 Å². The highest BCUT2D eigenvalue weighted by Crippen LogP contribution is 2.02. The average molecular weight is 98.2 g/mol. The van der Waals surface area contributed by atoms with Crippen LogP contribution in [0, 0.1) is 5.92 Å². The minimum atomic E-state index is 0.824. The van der Waals surface area contributed by atoms with Crippen molar-refractivity contribution in [1.82, 2.24) is 0 Å². The van der Waals surface area contributed by atoms with Gasteiger partial charge < -0.3 is 0 Å². The van der Waals surface area contributed by atoms with Crippen molar-refractivity contribution >= 4 is 6.21 Å². The summed E-state index contributed by atoms with van der Waals surface area (Å²) < 4.78 is 2.25. The molecule has 0 N–H and O–H groups in total. The first kappa shape index (κ1) is 4.82. The summed E-state index contributed by atoms with van der Waals surface area (Å²) >= 11 is 0. The Labute approximate surface area is 44.7 Å². The first-order valence-electron chi connectivity index (χ1n) is 2.84. The highest BCUT2D eigenvalue weighted by Gasteiger charge is 2.12. The topological polar surface area (TPSA) is 3.01 Å². The zero-order chi connectivity index (χ0) is 5.28. The van der Waals surface area contributed by atoms with E-state index in [0.717, 1.165) is 5.92 Å². The molecule has 0 fully saturated rings. The van der Waals surface area contributed by atoms with Gasteiger partial charge in [-0.3, -0.25) is 0 Å². The van der Waals surface area contributed by atoms with E-state index in [1.54, 1.807) is 0 Å². The standard InChI is InChI=1S/C6H12N/c1-6-3-4-7(2)5-6/h5-6H,3-4H2,1-2H3/q+1. The molecule has 1 atom stereocenters. The molecular formula is C6H12N+. The van der Waals surface area contributed by atoms with Crippen LogP contribution in [0.3, 0.4) is 0 Å². The Hall–Kier alpha value is -0.330. The Morgan fingerprint density at radius 3 is 2.57 bits per heavy atom. The van der Waals surface area contributed by atoms with E-state index in [2.05, 4.69) is 24.8 Å². The molecule has 1 unspecified atom stereocenters. The Kier molecular flexibility index (Phi) is 1.13. The smallest absolute Gasteiger partial charge is 0.143 e. The second-order valence-electron chi connectivity index (χ2n) is 2.40. The van der Waals surface area contributed by atoms with Gasteiger partial charge in [0.2, 0.25) is 0 Å². The zero-order valence-corrected chi connectivity index (χ0v) is 5.02. The number of hydrogen-bond acceptors (Lipinski definition) is 0. The largest absolute Gasteiger partial charge is 0.242 e. The average Bonchev–Trinajstić information content (AvgIpc) is 1.87. The molecule has 0 aliphatic carbocycles. The molecule has 1 rings (SSSR count). The van der Waals surface area contributed by atoms with Gasteiger partial charge in [0.25, 0.3) is 0 Å². The maximum Gasteiger partial charge on any atom is 0.143 e. The SMILES string of the molecule is CC1C=[N+](C)CC1. The molecule has 0 aromatic heterocycles. The van der Waals surface area contributed by atoms with Crippen LogP contribution in [0.1, 0.15) is 13.3 Å². The van der Waals surface area contributed by atoms with E-state index in [1.165, 1.54) is 13.0 Å². The Morgan fingerprint density at radius 1 is 1.71 bits per heavy atom. The third kappa shape index (κ3) is 1.02. The van der Waals surface area contributed by atoms with E-state index in [9.17, 15) is 0 Å². The van der Waals surface area contributed by atoms with E-state index in [4.69, 9.17) is 0 Å². The number of nitrogens with zero attached hydrogens (tertiary/aromatic N) is 1. The summed E-state index contributed by atoms with van der Waals surface area (Å²) in [5, 5.41) is 0. The van der Waals surface area contributed by atoms with E-state index in [-0.39, 0.29) is 0 Å². The summed E-state index contributed by atoms with van der Waals surface area (Å²) in [6, 6.07) is 0. The van der Waals surface area contributed by atoms with Crippen molar-refractivity contribution in [1.29, 1.82) is 0 Å². The molecule has 0 aromatic rings. The fourth-order valence-corrected chi connectivity index (χ4v) is 0.991. The third-order valence-corrected chi connectivity index (χ3v) is 1.45. The van der Waals surface area contributed by atoms with Gasteiger partial charge in [-0.25, -0.2) is 4.58 Å². The van der Waals surface area contributed by atoms with Gasteiger partial charge in [0.1, 0.15) is 19.8 Å². The molecule has 0 amide bonds. The lowest BCUT2D eigenvalue weighted by Crippen LogP contribution is -1.98. The summed E-state index contributed by atoms with van der Waals surface area (Å²) in [5.74, 6) is 0.824. The summed E-state index contributed by atoms with van der Waals surface area (Å²) in [7, 11) is 2.13. The quantitative estimate of drug-likeness (QED) is 0.393. The van der Waals surface area contributed by atoms with Gasteiger partial charge in [-0.05, 0) is 0 Å². The summed E-state index contributed by atoms with van der Waals surface area (Å²) in [6.07, 6.45) is 3.62. The molecular weight excluding hydrogens is 86.1 g/mol. The first-order valence-corrected chi connectivity index (χ1v) is 2.84. The molecule has 40 valence electrons. The Morgan fingerprint density at radius 2 is 2.43 bits per heavy atom. The molecule has 1 aliphatic heterocycles. The van der Waals surface area contributed by atoms with Crippen molar-refractivity contribution in [3.8, 4) is 0 Å². The lowest BCUT2D eigenvalue weighted by molar-refractivity contribution is -0.484. The second-order valence-corrected chi connectivity index (χ2v) is 2.40. The molecule has 1 aliphatic rings. The van der Waals surface area contributed by atoms with Crippen LogP contribution >= 0.6 is 0 Å². The van der Waals surface area contributed by atoms with Gasteiger partial charge in [0, 0.05) is 12.3 Å². The molecule has 0 saturated heterocycles. The van der Waals surface area contributed by atoms with Gasteiger partial charge in [0.15, 0.2) is 0 Å². The van der Waals surface area contributed by atoms with Crippen molar-refractivity contribution in [3.05, 3.63) is 0 Å². The van der Waals surface area contributed by atoms with Crippen molar-refractivity contribution in [2.45, 2.75) is 13.3 Å². The third-order valence-electron chi connectivity index (χ3n) is 1.45. The molecule has 1 nitrogen and oxygen atoms in total. The summed E-state index contributed by atoms with van der Waals surface area (Å²) in [4.78, 5) is 0. The van der Waals surface area contributed by atoms with Crippen LogP contribution in [0.2, 0.25) is 0 Å². The minimum absolute atomic E-state index is 0.824. The molecule has 0 bridgehead atoms. The van der Waals surface area contributed by atoms with Gasteiger partial charge in [-0.2, -0.15) is 0 Å². The second kappa shape index (κ2) is 1.65. The van der Waals surface area contributed by atoms with Crippen LogP contribution in [-0.4, -0.2) is 24.4 Å². The number of hydrogen-bond donors (Lipinski definition) is 0. The molecule has 1 heteroatoms. The summed E-state index contributed by atoms with van der Waals surface area (Å²) in [6.45, 7) is 3.50. The van der Waals surface area contributed by atoms with Gasteiger partial charge in [0.05, 0.1) is 0 Å². The van der Waals surface area contributed by atoms with Crippen LogP contribution < -0.4 is 0 Å². The molecule has 0 radical (unpaired) electrons. The van der Waals surface area contributed by atoms with Crippen molar-refractivity contribution in [2.24, 2.45) is 5.92 Å². The van der Waals surface area contributed by atoms with Crippen molar-refractivity contribution in [2.75, 3.05) is 13.6 Å². The lowest BCUT2D eigenvalue weighted by atomic mass is 10.2. The molecule has 0 spiro atoms. The Balaban J connectivity index is 2.50. The molecule has 1 heterocycles. The van der Waals surface area contributed by atoms with Crippen LogP contribution in [0.15, 0.2) is 0 Å². The normalized spacial score (nSPS) is 30.6. The molecule has 0 aromatic carbocycles. The van der Waals surface area contributed by atoms with Crippen LogP contribution in [-0.2, 0) is 0 Å². The van der Waals surface area contributed by atoms with E-state index < -0.39 is 0 Å². The highest BCUT2D eigenvalue weighted by molar-refractivity contribution is 5.55. The fraction of sp³-hybridized carbons (Fsp3) is 0.833.